The number of ether oxygens (including phenoxy) is 1. The summed E-state index contributed by atoms with van der Waals surface area (Å²) in [7, 11) is 0. The number of nitrogens with one attached hydrogen (secondary N) is 1. The zero-order chi connectivity index (χ0) is 13.7. The van der Waals surface area contributed by atoms with E-state index in [4.69, 9.17) is 4.74 Å². The molecule has 1 aliphatic carbocycles. The lowest BCUT2D eigenvalue weighted by Gasteiger charge is -2.13. The molecule has 1 aliphatic rings. The van der Waals surface area contributed by atoms with Gasteiger partial charge in [-0.05, 0) is 37.5 Å². The first-order valence-electron chi connectivity index (χ1n) is 6.85. The summed E-state index contributed by atoms with van der Waals surface area (Å²) in [6.45, 7) is 1.73. The minimum absolute atomic E-state index is 0.0275. The molecule has 2 rings (SSSR count). The molecule has 4 heteroatoms. The summed E-state index contributed by atoms with van der Waals surface area (Å²) in [5.41, 5.74) is 0.786. The number of carbonyl (C=O) groups is 1. The molecule has 104 valence electrons. The van der Waals surface area contributed by atoms with Gasteiger partial charge in [0, 0.05) is 6.04 Å². The molecule has 4 nitrogen and oxygen atoms in total. The van der Waals surface area contributed by atoms with Gasteiger partial charge in [0.25, 0.3) is 5.91 Å². The van der Waals surface area contributed by atoms with Crippen LogP contribution in [0.15, 0.2) is 24.3 Å². The standard InChI is InChI=1S/C15H21NO3/c1-11(17)12-5-4-8-14(9-12)19-10-15(18)16-13-6-2-3-7-13/h4-5,8-9,11,13,17H,2-3,6-7,10H2,1H3,(H,16,18)/t11-/m0/s1. The second-order valence-corrected chi connectivity index (χ2v) is 5.09. The van der Waals surface area contributed by atoms with Gasteiger partial charge in [-0.1, -0.05) is 25.0 Å². The molecule has 1 aromatic carbocycles. The first kappa shape index (κ1) is 13.9. The monoisotopic (exact) mass is 263 g/mol. The van der Waals surface area contributed by atoms with Gasteiger partial charge >= 0.3 is 0 Å². The third-order valence-electron chi connectivity index (χ3n) is 3.43. The zero-order valence-electron chi connectivity index (χ0n) is 11.3. The van der Waals surface area contributed by atoms with Crippen LogP contribution in [0, 0.1) is 0 Å². The van der Waals surface area contributed by atoms with Gasteiger partial charge in [0.2, 0.25) is 0 Å². The van der Waals surface area contributed by atoms with E-state index in [1.54, 1.807) is 19.1 Å². The molecule has 0 spiro atoms. The fourth-order valence-electron chi connectivity index (χ4n) is 2.35. The van der Waals surface area contributed by atoms with Crippen molar-refractivity contribution in [3.63, 3.8) is 0 Å². The van der Waals surface area contributed by atoms with Crippen LogP contribution in [0.4, 0.5) is 0 Å². The van der Waals surface area contributed by atoms with E-state index in [2.05, 4.69) is 5.32 Å². The number of benzene rings is 1. The van der Waals surface area contributed by atoms with Gasteiger partial charge < -0.3 is 15.2 Å². The van der Waals surface area contributed by atoms with E-state index in [-0.39, 0.29) is 12.5 Å². The van der Waals surface area contributed by atoms with E-state index in [0.29, 0.717) is 11.8 Å². The third-order valence-corrected chi connectivity index (χ3v) is 3.43. The molecule has 2 N–H and O–H groups in total. The Labute approximate surface area is 113 Å². The Morgan fingerprint density at radius 1 is 1.47 bits per heavy atom. The van der Waals surface area contributed by atoms with E-state index in [9.17, 15) is 9.90 Å². The molecule has 0 unspecified atom stereocenters. The lowest BCUT2D eigenvalue weighted by Crippen LogP contribution is -2.36. The van der Waals surface area contributed by atoms with Crippen molar-refractivity contribution in [2.75, 3.05) is 6.61 Å². The normalized spacial score (nSPS) is 17.2. The maximum absolute atomic E-state index is 11.7. The summed E-state index contributed by atoms with van der Waals surface area (Å²) >= 11 is 0. The topological polar surface area (TPSA) is 58.6 Å². The molecule has 1 atom stereocenters. The number of rotatable bonds is 5. The fourth-order valence-corrected chi connectivity index (χ4v) is 2.35. The Bertz CT molecular complexity index is 425. The number of aliphatic hydroxyl groups is 1. The van der Waals surface area contributed by atoms with Crippen molar-refractivity contribution in [1.82, 2.24) is 5.32 Å². The lowest BCUT2D eigenvalue weighted by atomic mass is 10.1. The van der Waals surface area contributed by atoms with Crippen LogP contribution in [0.3, 0.4) is 0 Å². The van der Waals surface area contributed by atoms with Crippen molar-refractivity contribution in [1.29, 1.82) is 0 Å². The van der Waals surface area contributed by atoms with Crippen LogP contribution in [0.1, 0.15) is 44.3 Å². The minimum atomic E-state index is -0.532. The summed E-state index contributed by atoms with van der Waals surface area (Å²) < 4.78 is 5.45. The summed E-state index contributed by atoms with van der Waals surface area (Å²) in [6.07, 6.45) is 4.01. The van der Waals surface area contributed by atoms with E-state index in [1.165, 1.54) is 12.8 Å². The number of hydrogen-bond acceptors (Lipinski definition) is 3. The largest absolute Gasteiger partial charge is 0.484 e. The predicted octanol–water partition coefficient (Wildman–Crippen LogP) is 2.18. The van der Waals surface area contributed by atoms with Crippen LogP contribution < -0.4 is 10.1 Å². The maximum atomic E-state index is 11.7. The number of amides is 1. The molecule has 0 aliphatic heterocycles. The molecule has 19 heavy (non-hydrogen) atoms. The smallest absolute Gasteiger partial charge is 0.258 e. The molecule has 0 radical (unpaired) electrons. The van der Waals surface area contributed by atoms with Crippen molar-refractivity contribution in [2.45, 2.75) is 44.8 Å². The van der Waals surface area contributed by atoms with Crippen LogP contribution in [0.2, 0.25) is 0 Å². The lowest BCUT2D eigenvalue weighted by molar-refractivity contribution is -0.123. The van der Waals surface area contributed by atoms with Gasteiger partial charge in [-0.2, -0.15) is 0 Å². The molecule has 1 aromatic rings. The van der Waals surface area contributed by atoms with Crippen LogP contribution in [-0.2, 0) is 4.79 Å². The Balaban J connectivity index is 1.80. The number of carbonyl (C=O) groups excluding carboxylic acids is 1. The highest BCUT2D eigenvalue weighted by molar-refractivity contribution is 5.77. The van der Waals surface area contributed by atoms with Crippen molar-refractivity contribution in [3.05, 3.63) is 29.8 Å². The van der Waals surface area contributed by atoms with Gasteiger partial charge in [-0.25, -0.2) is 0 Å². The van der Waals surface area contributed by atoms with Gasteiger partial charge in [0.15, 0.2) is 6.61 Å². The predicted molar refractivity (Wildman–Crippen MR) is 73.0 cm³/mol. The first-order chi connectivity index (χ1) is 9.15. The van der Waals surface area contributed by atoms with Gasteiger partial charge in [-0.3, -0.25) is 4.79 Å². The molecule has 0 bridgehead atoms. The molecular weight excluding hydrogens is 242 g/mol. The highest BCUT2D eigenvalue weighted by Gasteiger charge is 2.17. The summed E-state index contributed by atoms with van der Waals surface area (Å²) in [4.78, 5) is 11.7. The van der Waals surface area contributed by atoms with Gasteiger partial charge in [0.05, 0.1) is 6.10 Å². The average molecular weight is 263 g/mol. The Hall–Kier alpha value is -1.55. The van der Waals surface area contributed by atoms with Gasteiger partial charge in [0.1, 0.15) is 5.75 Å². The van der Waals surface area contributed by atoms with E-state index in [0.717, 1.165) is 18.4 Å². The van der Waals surface area contributed by atoms with Crippen LogP contribution in [0.25, 0.3) is 0 Å². The zero-order valence-corrected chi connectivity index (χ0v) is 11.3. The molecule has 0 aromatic heterocycles. The van der Waals surface area contributed by atoms with Crippen molar-refractivity contribution >= 4 is 5.91 Å². The van der Waals surface area contributed by atoms with Crippen molar-refractivity contribution in [3.8, 4) is 5.75 Å². The number of aliphatic hydroxyl groups excluding tert-OH is 1. The van der Waals surface area contributed by atoms with E-state index >= 15 is 0 Å². The molecular formula is C15H21NO3. The quantitative estimate of drug-likeness (QED) is 0.856. The van der Waals surface area contributed by atoms with E-state index in [1.807, 2.05) is 12.1 Å². The highest BCUT2D eigenvalue weighted by atomic mass is 16.5. The summed E-state index contributed by atoms with van der Waals surface area (Å²) in [6, 6.07) is 7.50. The molecule has 0 saturated heterocycles. The summed E-state index contributed by atoms with van der Waals surface area (Å²) in [5, 5.41) is 12.5. The van der Waals surface area contributed by atoms with Crippen LogP contribution >= 0.6 is 0 Å². The molecule has 1 fully saturated rings. The SMILES string of the molecule is C[C@H](O)c1cccc(OCC(=O)NC2CCCC2)c1. The van der Waals surface area contributed by atoms with Crippen LogP contribution in [-0.4, -0.2) is 23.7 Å². The second-order valence-electron chi connectivity index (χ2n) is 5.09. The van der Waals surface area contributed by atoms with Crippen molar-refractivity contribution < 1.29 is 14.6 Å². The van der Waals surface area contributed by atoms with Crippen LogP contribution in [0.5, 0.6) is 5.75 Å². The average Bonchev–Trinajstić information content (AvgIpc) is 2.89. The molecule has 0 heterocycles. The Kier molecular flexibility index (Phi) is 4.80. The molecule has 1 saturated carbocycles. The number of hydrogen-bond donors (Lipinski definition) is 2. The molecule has 1 amide bonds. The third kappa shape index (κ3) is 4.24. The van der Waals surface area contributed by atoms with Crippen molar-refractivity contribution in [2.24, 2.45) is 0 Å². The Morgan fingerprint density at radius 2 is 2.21 bits per heavy atom. The fraction of sp³-hybridized carbons (Fsp3) is 0.533. The Morgan fingerprint density at radius 3 is 2.89 bits per heavy atom. The highest BCUT2D eigenvalue weighted by Crippen LogP contribution is 2.19. The summed E-state index contributed by atoms with van der Waals surface area (Å²) in [5.74, 6) is 0.536. The maximum Gasteiger partial charge on any atom is 0.258 e. The minimum Gasteiger partial charge on any atom is -0.484 e. The van der Waals surface area contributed by atoms with E-state index < -0.39 is 6.10 Å². The first-order valence-corrected chi connectivity index (χ1v) is 6.85. The van der Waals surface area contributed by atoms with Gasteiger partial charge in [-0.15, -0.1) is 0 Å². The second kappa shape index (κ2) is 6.57.